The van der Waals surface area contributed by atoms with Gasteiger partial charge in [0.25, 0.3) is 0 Å². The van der Waals surface area contributed by atoms with Crippen LogP contribution in [0.1, 0.15) is 97.8 Å². The van der Waals surface area contributed by atoms with E-state index >= 15 is 0 Å². The number of hydrogen-bond donors (Lipinski definition) is 8. The quantitative estimate of drug-likeness (QED) is 0.110. The minimum Gasteiger partial charge on any atom is -0.367 e. The number of nitrogens with zero attached hydrogens (tertiary/aromatic N) is 4. The van der Waals surface area contributed by atoms with Gasteiger partial charge in [-0.2, -0.15) is 0 Å². The molecule has 11 unspecified atom stereocenters. The zero-order valence-electron chi connectivity index (χ0n) is 27.5. The monoisotopic (exact) mass is 950 g/mol. The minimum atomic E-state index is -1.33. The summed E-state index contributed by atoms with van der Waals surface area (Å²) in [6.45, 7) is 0. The van der Waals surface area contributed by atoms with Crippen molar-refractivity contribution in [1.82, 2.24) is 18.7 Å². The van der Waals surface area contributed by atoms with Crippen LogP contribution in [0.15, 0.2) is 48.5 Å². The third kappa shape index (κ3) is 10.2. The average molecular weight is 950 g/mol. The summed E-state index contributed by atoms with van der Waals surface area (Å²) >= 11 is 0. The molecule has 8 N–H and O–H groups in total. The van der Waals surface area contributed by atoms with Crippen LogP contribution in [0.5, 0.6) is 0 Å². The molecule has 4 fully saturated rings. The Labute approximate surface area is 329 Å². The van der Waals surface area contributed by atoms with Gasteiger partial charge in [0.15, 0.2) is 25.2 Å². The Balaban J connectivity index is 0.000000260. The van der Waals surface area contributed by atoms with E-state index in [1.165, 1.54) is 0 Å². The van der Waals surface area contributed by atoms with Crippen LogP contribution in [0.25, 0.3) is 0 Å². The normalized spacial score (nSPS) is 31.0. The molecule has 2 aromatic carbocycles. The van der Waals surface area contributed by atoms with Crippen molar-refractivity contribution in [2.75, 3.05) is 0 Å². The van der Waals surface area contributed by atoms with Crippen LogP contribution in [0.2, 0.25) is 0 Å². The minimum absolute atomic E-state index is 0. The number of rotatable bonds is 8. The van der Waals surface area contributed by atoms with Gasteiger partial charge in [-0.1, -0.05) is 86.1 Å². The fourth-order valence-corrected chi connectivity index (χ4v) is 10.4. The second kappa shape index (κ2) is 20.2. The molecule has 4 aliphatic rings. The summed E-state index contributed by atoms with van der Waals surface area (Å²) in [4.78, 5) is 0. The van der Waals surface area contributed by atoms with E-state index in [9.17, 15) is 40.9 Å². The van der Waals surface area contributed by atoms with Crippen LogP contribution < -0.4 is 0 Å². The molecule has 4 saturated heterocycles. The zero-order valence-corrected chi connectivity index (χ0v) is 35.4. The molecule has 4 aliphatic heterocycles. The first-order chi connectivity index (χ1) is 22.8. The molecule has 12 nitrogen and oxygen atoms in total. The number of benzene rings is 2. The first-order valence-electron chi connectivity index (χ1n) is 16.6. The van der Waals surface area contributed by atoms with E-state index in [-0.39, 0.29) is 87.3 Å². The van der Waals surface area contributed by atoms with Gasteiger partial charge in [0.1, 0.15) is 0 Å². The van der Waals surface area contributed by atoms with E-state index in [1.54, 1.807) is 0 Å². The van der Waals surface area contributed by atoms with Gasteiger partial charge in [-0.25, -0.2) is 0 Å². The summed E-state index contributed by atoms with van der Waals surface area (Å²) in [5.74, 6) is 0. The van der Waals surface area contributed by atoms with Gasteiger partial charge in [0.05, 0.1) is 24.2 Å². The second-order valence-electron chi connectivity index (χ2n) is 13.4. The van der Waals surface area contributed by atoms with Crippen molar-refractivity contribution in [1.29, 1.82) is 0 Å². The largest absolute Gasteiger partial charge is 0.367 e. The SMILES string of the molecule is OC(O)C1CCC(c2cccc(C3CCC(C(O)O)N3P)c2)N1P.OC(O)C1CCC(c2cccc(C3CC[C@@H](C(O)O)N3P)c2)N1P.[Rh].[Rh]. The Bertz CT molecular complexity index is 1170. The second-order valence-corrected chi connectivity index (χ2v) is 15.8. The molecule has 2 aromatic rings. The molecule has 12 atom stereocenters. The molecule has 18 heteroatoms. The molecule has 0 bridgehead atoms. The maximum atomic E-state index is 9.47. The molecule has 0 spiro atoms. The average Bonchev–Trinajstić information content (AvgIpc) is 3.82. The van der Waals surface area contributed by atoms with E-state index in [0.717, 1.165) is 73.6 Å². The first kappa shape index (κ1) is 45.3. The van der Waals surface area contributed by atoms with Crippen LogP contribution in [0.4, 0.5) is 0 Å². The Kier molecular flexibility index (Phi) is 18.3. The summed E-state index contributed by atoms with van der Waals surface area (Å²) in [7, 11) is 10.5. The Morgan fingerprint density at radius 3 is 0.760 bits per heavy atom. The van der Waals surface area contributed by atoms with E-state index < -0.39 is 25.2 Å². The molecule has 0 saturated carbocycles. The van der Waals surface area contributed by atoms with E-state index in [4.69, 9.17) is 0 Å². The molecule has 0 aromatic heterocycles. The van der Waals surface area contributed by atoms with Crippen molar-refractivity contribution < 1.29 is 79.8 Å². The van der Waals surface area contributed by atoms with E-state index in [0.29, 0.717) is 0 Å². The summed E-state index contributed by atoms with van der Waals surface area (Å²) in [6, 6.07) is 16.1. The van der Waals surface area contributed by atoms with Crippen LogP contribution >= 0.6 is 37.6 Å². The molecular weight excluding hydrogens is 898 g/mol. The molecule has 0 aliphatic carbocycles. The summed E-state index contributed by atoms with van der Waals surface area (Å²) in [6.07, 6.45) is 1.15. The summed E-state index contributed by atoms with van der Waals surface area (Å²) < 4.78 is 7.82. The van der Waals surface area contributed by atoms with Crippen LogP contribution in [-0.2, 0) is 39.0 Å². The molecule has 4 heterocycles. The maximum absolute atomic E-state index is 9.47. The van der Waals surface area contributed by atoms with E-state index in [1.807, 2.05) is 30.8 Å². The van der Waals surface area contributed by atoms with Crippen molar-refractivity contribution in [2.45, 2.75) is 125 Å². The Morgan fingerprint density at radius 2 is 0.600 bits per heavy atom. The van der Waals surface area contributed by atoms with Crippen molar-refractivity contribution >= 4 is 37.6 Å². The molecule has 50 heavy (non-hydrogen) atoms. The van der Waals surface area contributed by atoms with Crippen molar-refractivity contribution in [3.63, 3.8) is 0 Å². The Hall–Kier alpha value is 0.927. The Morgan fingerprint density at radius 1 is 0.400 bits per heavy atom. The van der Waals surface area contributed by atoms with Gasteiger partial charge in [-0.3, -0.25) is 18.7 Å². The van der Waals surface area contributed by atoms with Gasteiger partial charge in [0, 0.05) is 63.1 Å². The fourth-order valence-electron chi connectivity index (χ4n) is 7.95. The smallest absolute Gasteiger partial charge is 0.167 e. The number of aliphatic hydroxyl groups is 8. The van der Waals surface area contributed by atoms with Gasteiger partial charge in [-0.15, -0.1) is 0 Å². The first-order valence-corrected chi connectivity index (χ1v) is 18.6. The maximum Gasteiger partial charge on any atom is 0.167 e. The predicted molar refractivity (Wildman–Crippen MR) is 195 cm³/mol. The third-order valence-electron chi connectivity index (χ3n) is 10.7. The standard InChI is InChI=1S/2C16H26N2O4P2.2Rh/c2*19-15(20)13-6-4-11(17(13)23)9-2-1-3-10(8-9)12-5-7-14(16(21)22)18(12)24;;/h2*1-3,8,11-16,19-22H,4-7,23-24H2;;/t11?,12?,13-,14?;;;/m0.../s1. The molecule has 0 amide bonds. The number of aliphatic hydroxyl groups excluding tert-OH is 4. The topological polar surface area (TPSA) is 175 Å². The molecule has 2 radical (unpaired) electrons. The fraction of sp³-hybridized carbons (Fsp3) is 0.625. The van der Waals surface area contributed by atoms with Crippen LogP contribution in [0, 0.1) is 0 Å². The molecule has 286 valence electrons. The van der Waals surface area contributed by atoms with Gasteiger partial charge >= 0.3 is 0 Å². The third-order valence-corrected chi connectivity index (χ3v) is 13.6. The molecular formula is C32H52N4O8P4Rh2. The zero-order chi connectivity index (χ0) is 34.9. The number of hydrogen-bond acceptors (Lipinski definition) is 12. The van der Waals surface area contributed by atoms with Gasteiger partial charge in [-0.05, 0) is 73.6 Å². The summed E-state index contributed by atoms with van der Waals surface area (Å²) in [5.41, 5.74) is 4.60. The predicted octanol–water partition coefficient (Wildman–Crippen LogP) is 1.79. The van der Waals surface area contributed by atoms with Crippen molar-refractivity contribution in [2.24, 2.45) is 0 Å². The van der Waals surface area contributed by atoms with Crippen LogP contribution in [-0.4, -0.2) is 109 Å². The van der Waals surface area contributed by atoms with Crippen molar-refractivity contribution in [3.05, 3.63) is 70.8 Å². The van der Waals surface area contributed by atoms with Gasteiger partial charge < -0.3 is 40.9 Å². The van der Waals surface area contributed by atoms with Crippen molar-refractivity contribution in [3.8, 4) is 0 Å². The summed E-state index contributed by atoms with van der Waals surface area (Å²) in [5, 5.41) is 75.8. The molecule has 6 rings (SSSR count). The van der Waals surface area contributed by atoms with Crippen LogP contribution in [0.3, 0.4) is 0 Å². The van der Waals surface area contributed by atoms with E-state index in [2.05, 4.69) is 74.0 Å². The van der Waals surface area contributed by atoms with Gasteiger partial charge in [0.2, 0.25) is 0 Å².